The Balaban J connectivity index is 2.52. The lowest BCUT2D eigenvalue weighted by atomic mass is 10.2. The van der Waals surface area contributed by atoms with Crippen LogP contribution in [0.3, 0.4) is 0 Å². The molecule has 0 aromatic rings. The molecule has 4 nitrogen and oxygen atoms in total. The number of amides is 1. The van der Waals surface area contributed by atoms with Gasteiger partial charge in [0.05, 0.1) is 22.7 Å². The number of hydrogen-bond acceptors (Lipinski definition) is 3. The first-order valence-electron chi connectivity index (χ1n) is 7.04. The molecule has 0 aliphatic carbocycles. The molecule has 0 bridgehead atoms. The van der Waals surface area contributed by atoms with Crippen LogP contribution >= 0.6 is 22.6 Å². The topological polar surface area (TPSA) is 38.8 Å². The molecule has 0 N–H and O–H groups in total. The summed E-state index contributed by atoms with van der Waals surface area (Å²) in [5.41, 5.74) is -0.438. The Morgan fingerprint density at radius 1 is 1.32 bits per heavy atom. The van der Waals surface area contributed by atoms with Crippen LogP contribution in [0.5, 0.6) is 0 Å². The predicted molar refractivity (Wildman–Crippen MR) is 84.9 cm³/mol. The second-order valence-corrected chi connectivity index (χ2v) is 7.61. The van der Waals surface area contributed by atoms with Gasteiger partial charge in [-0.2, -0.15) is 0 Å². The minimum Gasteiger partial charge on any atom is -0.444 e. The zero-order chi connectivity index (χ0) is 14.6. The number of likely N-dealkylation sites (tertiary alicyclic amines) is 1. The highest BCUT2D eigenvalue weighted by molar-refractivity contribution is 14.1. The van der Waals surface area contributed by atoms with Gasteiger partial charge in [0.1, 0.15) is 5.60 Å². The molecule has 1 saturated heterocycles. The first-order chi connectivity index (χ1) is 8.76. The molecule has 0 aromatic heterocycles. The summed E-state index contributed by atoms with van der Waals surface area (Å²) in [5.74, 6) is 0. The fourth-order valence-corrected chi connectivity index (χ4v) is 2.94. The van der Waals surface area contributed by atoms with E-state index in [0.29, 0.717) is 23.1 Å². The van der Waals surface area contributed by atoms with E-state index in [4.69, 9.17) is 9.47 Å². The molecule has 0 spiro atoms. The summed E-state index contributed by atoms with van der Waals surface area (Å²) in [6.07, 6.45) is 2.22. The molecule has 1 rings (SSSR count). The van der Waals surface area contributed by atoms with Crippen molar-refractivity contribution in [2.75, 3.05) is 13.1 Å². The molecule has 112 valence electrons. The van der Waals surface area contributed by atoms with Crippen molar-refractivity contribution in [3.63, 3.8) is 0 Å². The lowest BCUT2D eigenvalue weighted by Gasteiger charge is -2.25. The van der Waals surface area contributed by atoms with E-state index in [1.165, 1.54) is 0 Å². The maximum Gasteiger partial charge on any atom is 0.410 e. The van der Waals surface area contributed by atoms with Gasteiger partial charge >= 0.3 is 6.09 Å². The highest BCUT2D eigenvalue weighted by Gasteiger charge is 2.37. The summed E-state index contributed by atoms with van der Waals surface area (Å²) in [7, 11) is 0. The Kier molecular flexibility index (Phi) is 6.36. The Morgan fingerprint density at radius 2 is 1.89 bits per heavy atom. The minimum atomic E-state index is -0.438. The van der Waals surface area contributed by atoms with Crippen molar-refractivity contribution >= 4 is 28.7 Å². The summed E-state index contributed by atoms with van der Waals surface area (Å²) >= 11 is 2.37. The van der Waals surface area contributed by atoms with Gasteiger partial charge in [-0.25, -0.2) is 4.79 Å². The fraction of sp³-hybridized carbons (Fsp3) is 0.929. The van der Waals surface area contributed by atoms with Crippen molar-refractivity contribution in [2.24, 2.45) is 0 Å². The third kappa shape index (κ3) is 5.45. The van der Waals surface area contributed by atoms with Crippen molar-refractivity contribution in [1.29, 1.82) is 0 Å². The van der Waals surface area contributed by atoms with Gasteiger partial charge in [-0.3, -0.25) is 0 Å². The molecular formula is C14H26INO3. The number of halogens is 1. The molecule has 1 aliphatic rings. The second-order valence-electron chi connectivity index (χ2n) is 6.01. The van der Waals surface area contributed by atoms with Gasteiger partial charge in [0.2, 0.25) is 0 Å². The molecule has 0 radical (unpaired) electrons. The van der Waals surface area contributed by atoms with E-state index < -0.39 is 5.60 Å². The van der Waals surface area contributed by atoms with Crippen LogP contribution in [-0.2, 0) is 9.47 Å². The standard InChI is InChI=1S/C14H26INO3/c1-6-10(7-2)18-12-9-16(8-11(12)15)13(17)19-14(3,4)5/h10-12H,6-9H2,1-5H3. The summed E-state index contributed by atoms with van der Waals surface area (Å²) < 4.78 is 11.8. The number of nitrogens with zero attached hydrogens (tertiary/aromatic N) is 1. The molecule has 2 atom stereocenters. The second kappa shape index (κ2) is 7.11. The largest absolute Gasteiger partial charge is 0.444 e. The van der Waals surface area contributed by atoms with Crippen molar-refractivity contribution < 1.29 is 14.3 Å². The third-order valence-corrected chi connectivity index (χ3v) is 4.32. The first kappa shape index (κ1) is 17.0. The average molecular weight is 383 g/mol. The van der Waals surface area contributed by atoms with E-state index in [1.807, 2.05) is 20.8 Å². The highest BCUT2D eigenvalue weighted by atomic mass is 127. The van der Waals surface area contributed by atoms with Gasteiger partial charge < -0.3 is 14.4 Å². The number of hydrogen-bond donors (Lipinski definition) is 0. The van der Waals surface area contributed by atoms with Gasteiger partial charge in [-0.1, -0.05) is 36.4 Å². The molecular weight excluding hydrogens is 357 g/mol. The smallest absolute Gasteiger partial charge is 0.410 e. The van der Waals surface area contributed by atoms with Crippen molar-refractivity contribution in [1.82, 2.24) is 4.90 Å². The van der Waals surface area contributed by atoms with Crippen LogP contribution in [0.2, 0.25) is 0 Å². The maximum atomic E-state index is 12.0. The molecule has 0 aromatic carbocycles. The molecule has 1 heterocycles. The van der Waals surface area contributed by atoms with E-state index in [0.717, 1.165) is 12.8 Å². The quantitative estimate of drug-likeness (QED) is 0.550. The minimum absolute atomic E-state index is 0.123. The molecule has 1 fully saturated rings. The van der Waals surface area contributed by atoms with Gasteiger partial charge in [0.25, 0.3) is 0 Å². The zero-order valence-corrected chi connectivity index (χ0v) is 14.8. The Bertz CT molecular complexity index is 300. The number of rotatable bonds is 4. The van der Waals surface area contributed by atoms with Crippen molar-refractivity contribution in [3.05, 3.63) is 0 Å². The van der Waals surface area contributed by atoms with E-state index >= 15 is 0 Å². The van der Waals surface area contributed by atoms with Crippen molar-refractivity contribution in [3.8, 4) is 0 Å². The molecule has 19 heavy (non-hydrogen) atoms. The lowest BCUT2D eigenvalue weighted by Crippen LogP contribution is -2.36. The lowest BCUT2D eigenvalue weighted by molar-refractivity contribution is -0.0109. The molecule has 0 saturated carbocycles. The van der Waals surface area contributed by atoms with Gasteiger partial charge in [-0.05, 0) is 33.6 Å². The fourth-order valence-electron chi connectivity index (χ4n) is 2.07. The average Bonchev–Trinajstić information content (AvgIpc) is 2.65. The summed E-state index contributed by atoms with van der Waals surface area (Å²) in [6.45, 7) is 11.3. The number of carbonyl (C=O) groups excluding carboxylic acids is 1. The third-order valence-electron chi connectivity index (χ3n) is 3.13. The normalized spacial score (nSPS) is 24.1. The van der Waals surface area contributed by atoms with Crippen LogP contribution in [0.15, 0.2) is 0 Å². The van der Waals surface area contributed by atoms with Gasteiger partial charge in [-0.15, -0.1) is 0 Å². The van der Waals surface area contributed by atoms with Gasteiger partial charge in [0, 0.05) is 6.54 Å². The van der Waals surface area contributed by atoms with E-state index in [9.17, 15) is 4.79 Å². The number of alkyl halides is 1. The van der Waals surface area contributed by atoms with E-state index in [2.05, 4.69) is 36.4 Å². The van der Waals surface area contributed by atoms with E-state index in [1.54, 1.807) is 4.90 Å². The summed E-state index contributed by atoms with van der Waals surface area (Å²) in [5, 5.41) is 0. The maximum absolute atomic E-state index is 12.0. The summed E-state index contributed by atoms with van der Waals surface area (Å²) in [6, 6.07) is 0. The van der Waals surface area contributed by atoms with Crippen LogP contribution in [0.1, 0.15) is 47.5 Å². The van der Waals surface area contributed by atoms with Crippen LogP contribution < -0.4 is 0 Å². The Morgan fingerprint density at radius 3 is 2.37 bits per heavy atom. The molecule has 1 amide bonds. The Labute approximate surface area is 130 Å². The summed E-state index contributed by atoms with van der Waals surface area (Å²) in [4.78, 5) is 13.8. The molecule has 2 unspecified atom stereocenters. The number of ether oxygens (including phenoxy) is 2. The van der Waals surface area contributed by atoms with Crippen LogP contribution in [0.25, 0.3) is 0 Å². The highest BCUT2D eigenvalue weighted by Crippen LogP contribution is 2.25. The SMILES string of the molecule is CCC(CC)OC1CN(C(=O)OC(C)(C)C)CC1I. The van der Waals surface area contributed by atoms with Gasteiger partial charge in [0.15, 0.2) is 0 Å². The van der Waals surface area contributed by atoms with E-state index in [-0.39, 0.29) is 12.2 Å². The Hall–Kier alpha value is -0.0400. The molecule has 1 aliphatic heterocycles. The predicted octanol–water partition coefficient (Wildman–Crippen LogP) is 3.61. The van der Waals surface area contributed by atoms with Crippen LogP contribution in [0.4, 0.5) is 4.79 Å². The molecule has 5 heteroatoms. The zero-order valence-electron chi connectivity index (χ0n) is 12.6. The van der Waals surface area contributed by atoms with Crippen LogP contribution in [0, 0.1) is 0 Å². The first-order valence-corrected chi connectivity index (χ1v) is 8.28. The van der Waals surface area contributed by atoms with Crippen molar-refractivity contribution in [2.45, 2.75) is 69.2 Å². The monoisotopic (exact) mass is 383 g/mol. The number of carbonyl (C=O) groups is 1. The van der Waals surface area contributed by atoms with Crippen LogP contribution in [-0.4, -0.2) is 45.8 Å².